The van der Waals surface area contributed by atoms with Gasteiger partial charge in [0.25, 0.3) is 0 Å². The van der Waals surface area contributed by atoms with Gasteiger partial charge in [-0.2, -0.15) is 13.5 Å². The van der Waals surface area contributed by atoms with Crippen molar-refractivity contribution in [2.75, 3.05) is 0 Å². The Morgan fingerprint density at radius 2 is 1.85 bits per heavy atom. The zero-order chi connectivity index (χ0) is 17.9. The second kappa shape index (κ2) is 8.41. The van der Waals surface area contributed by atoms with Crippen molar-refractivity contribution in [1.82, 2.24) is 13.9 Å². The van der Waals surface area contributed by atoms with Crippen LogP contribution in [0.5, 0.6) is 0 Å². The number of hydrogen-bond acceptors (Lipinski definition) is 3. The number of nitrogens with two attached hydrogens (primary N) is 1. The third-order valence-electron chi connectivity index (χ3n) is 4.62. The Bertz CT molecular complexity index is 1060. The molecule has 0 spiro atoms. The number of aromatic nitrogens is 3. The molecule has 0 bridgehead atoms. The SMILES string of the molecule is N/C=C(/Cc1cnc(Cc2c[nH]c3ccccc23)n1S)c1ccccc1.S. The van der Waals surface area contributed by atoms with E-state index in [1.807, 2.05) is 40.6 Å². The van der Waals surface area contributed by atoms with E-state index >= 15 is 0 Å². The van der Waals surface area contributed by atoms with Crippen LogP contribution in [0.3, 0.4) is 0 Å². The third-order valence-corrected chi connectivity index (χ3v) is 5.11. The molecule has 0 aliphatic carbocycles. The van der Waals surface area contributed by atoms with Gasteiger partial charge in [0.15, 0.2) is 0 Å². The molecule has 0 aliphatic rings. The topological polar surface area (TPSA) is 59.6 Å². The molecule has 0 fully saturated rings. The lowest BCUT2D eigenvalue weighted by molar-refractivity contribution is 0.975. The summed E-state index contributed by atoms with van der Waals surface area (Å²) in [5.74, 6) is 0.914. The summed E-state index contributed by atoms with van der Waals surface area (Å²) in [6.07, 6.45) is 6.99. The van der Waals surface area contributed by atoms with Crippen molar-refractivity contribution in [3.63, 3.8) is 0 Å². The zero-order valence-electron chi connectivity index (χ0n) is 14.8. The van der Waals surface area contributed by atoms with Crippen LogP contribution >= 0.6 is 26.3 Å². The predicted octanol–water partition coefficient (Wildman–Crippen LogP) is 4.30. The second-order valence-electron chi connectivity index (χ2n) is 6.25. The molecule has 0 aliphatic heterocycles. The van der Waals surface area contributed by atoms with Crippen molar-refractivity contribution in [3.8, 4) is 0 Å². The molecule has 0 atom stereocenters. The fraction of sp³-hybridized carbons (Fsp3) is 0.0952. The molecule has 3 N–H and O–H groups in total. The van der Waals surface area contributed by atoms with Crippen molar-refractivity contribution in [1.29, 1.82) is 0 Å². The van der Waals surface area contributed by atoms with Crippen LogP contribution in [0.15, 0.2) is 73.2 Å². The van der Waals surface area contributed by atoms with E-state index in [1.54, 1.807) is 6.20 Å². The van der Waals surface area contributed by atoms with Gasteiger partial charge in [-0.3, -0.25) is 3.97 Å². The number of thiol groups is 1. The number of fused-ring (bicyclic) bond motifs is 1. The fourth-order valence-electron chi connectivity index (χ4n) is 3.22. The molecule has 2 heterocycles. The van der Waals surface area contributed by atoms with Gasteiger partial charge in [-0.1, -0.05) is 61.3 Å². The third kappa shape index (κ3) is 3.91. The average Bonchev–Trinajstić information content (AvgIpc) is 3.25. The summed E-state index contributed by atoms with van der Waals surface area (Å²) in [5, 5.41) is 1.22. The van der Waals surface area contributed by atoms with E-state index in [-0.39, 0.29) is 13.5 Å². The minimum atomic E-state index is 0. The highest BCUT2D eigenvalue weighted by molar-refractivity contribution is 7.78. The van der Waals surface area contributed by atoms with Gasteiger partial charge >= 0.3 is 0 Å². The maximum atomic E-state index is 5.86. The summed E-state index contributed by atoms with van der Waals surface area (Å²) in [6.45, 7) is 0. The van der Waals surface area contributed by atoms with Crippen LogP contribution in [0.1, 0.15) is 22.6 Å². The first kappa shape index (κ1) is 19.2. The molecule has 4 nitrogen and oxygen atoms in total. The van der Waals surface area contributed by atoms with Gasteiger partial charge in [-0.25, -0.2) is 4.98 Å². The maximum Gasteiger partial charge on any atom is 0.123 e. The number of allylic oxidation sites excluding steroid dienone is 1. The molecule has 0 saturated carbocycles. The van der Waals surface area contributed by atoms with E-state index in [0.29, 0.717) is 6.42 Å². The number of para-hydroxylation sites is 1. The lowest BCUT2D eigenvalue weighted by Crippen LogP contribution is -2.01. The Morgan fingerprint density at radius 3 is 2.63 bits per heavy atom. The predicted molar refractivity (Wildman–Crippen MR) is 120 cm³/mol. The number of benzene rings is 2. The van der Waals surface area contributed by atoms with Crippen LogP contribution in [0.2, 0.25) is 0 Å². The summed E-state index contributed by atoms with van der Waals surface area (Å²) in [6, 6.07) is 18.4. The van der Waals surface area contributed by atoms with Crippen molar-refractivity contribution in [3.05, 3.63) is 95.8 Å². The number of hydrogen-bond donors (Lipinski definition) is 3. The quantitative estimate of drug-likeness (QED) is 0.442. The molecule has 4 aromatic rings. The van der Waals surface area contributed by atoms with Gasteiger partial charge in [0.2, 0.25) is 0 Å². The van der Waals surface area contributed by atoms with Gasteiger partial charge in [0, 0.05) is 36.1 Å². The number of imidazole rings is 1. The van der Waals surface area contributed by atoms with Crippen LogP contribution in [0.25, 0.3) is 16.5 Å². The van der Waals surface area contributed by atoms with Crippen LogP contribution in [-0.4, -0.2) is 13.9 Å². The van der Waals surface area contributed by atoms with Crippen LogP contribution in [0, 0.1) is 0 Å². The molecule has 0 unspecified atom stereocenters. The Balaban J connectivity index is 0.00000210. The van der Waals surface area contributed by atoms with E-state index in [1.165, 1.54) is 10.9 Å². The highest BCUT2D eigenvalue weighted by atomic mass is 32.1. The largest absolute Gasteiger partial charge is 0.404 e. The van der Waals surface area contributed by atoms with Gasteiger partial charge < -0.3 is 10.7 Å². The van der Waals surface area contributed by atoms with E-state index in [4.69, 9.17) is 5.73 Å². The van der Waals surface area contributed by atoms with E-state index in [2.05, 4.69) is 53.1 Å². The molecule has 0 amide bonds. The Hall–Kier alpha value is -2.57. The summed E-state index contributed by atoms with van der Waals surface area (Å²) in [7, 11) is 0. The molecular formula is C21H22N4S2. The number of H-pyrrole nitrogens is 1. The number of aromatic amines is 1. The molecule has 138 valence electrons. The van der Waals surface area contributed by atoms with Gasteiger partial charge in [0.05, 0.1) is 5.69 Å². The Labute approximate surface area is 171 Å². The molecule has 2 aromatic heterocycles. The first-order chi connectivity index (χ1) is 12.8. The first-order valence-corrected chi connectivity index (χ1v) is 8.92. The molecular weight excluding hydrogens is 372 g/mol. The second-order valence-corrected chi connectivity index (χ2v) is 6.65. The molecule has 0 saturated heterocycles. The Kier molecular flexibility index (Phi) is 5.98. The van der Waals surface area contributed by atoms with Gasteiger partial charge in [-0.05, 0) is 29.0 Å². The van der Waals surface area contributed by atoms with Crippen molar-refractivity contribution < 1.29 is 0 Å². The minimum Gasteiger partial charge on any atom is -0.404 e. The monoisotopic (exact) mass is 394 g/mol. The highest BCUT2D eigenvalue weighted by Crippen LogP contribution is 2.24. The lowest BCUT2D eigenvalue weighted by Gasteiger charge is -2.08. The Morgan fingerprint density at radius 1 is 1.11 bits per heavy atom. The molecule has 4 rings (SSSR count). The molecule has 2 aromatic carbocycles. The summed E-state index contributed by atoms with van der Waals surface area (Å²) in [4.78, 5) is 7.89. The van der Waals surface area contributed by atoms with Crippen molar-refractivity contribution in [2.45, 2.75) is 12.8 Å². The van der Waals surface area contributed by atoms with Crippen molar-refractivity contribution in [2.24, 2.45) is 5.73 Å². The fourth-order valence-corrected chi connectivity index (χ4v) is 3.46. The minimum absolute atomic E-state index is 0. The van der Waals surface area contributed by atoms with E-state index in [9.17, 15) is 0 Å². The lowest BCUT2D eigenvalue weighted by atomic mass is 10.0. The summed E-state index contributed by atoms with van der Waals surface area (Å²) < 4.78 is 1.87. The first-order valence-electron chi connectivity index (χ1n) is 8.52. The highest BCUT2D eigenvalue weighted by Gasteiger charge is 2.13. The van der Waals surface area contributed by atoms with Crippen LogP contribution in [0.4, 0.5) is 0 Å². The maximum absolute atomic E-state index is 5.86. The number of nitrogens with zero attached hydrogens (tertiary/aromatic N) is 2. The van der Waals surface area contributed by atoms with Gasteiger partial charge in [0.1, 0.15) is 5.82 Å². The number of nitrogens with one attached hydrogen (secondary N) is 1. The number of rotatable bonds is 5. The molecule has 0 radical (unpaired) electrons. The molecule has 6 heteroatoms. The van der Waals surface area contributed by atoms with Crippen molar-refractivity contribution >= 4 is 42.8 Å². The summed E-state index contributed by atoms with van der Waals surface area (Å²) in [5.41, 5.74) is 11.4. The van der Waals surface area contributed by atoms with Crippen LogP contribution in [-0.2, 0) is 12.8 Å². The van der Waals surface area contributed by atoms with Crippen LogP contribution < -0.4 is 5.73 Å². The molecule has 27 heavy (non-hydrogen) atoms. The van der Waals surface area contributed by atoms with E-state index in [0.717, 1.165) is 34.6 Å². The van der Waals surface area contributed by atoms with E-state index < -0.39 is 0 Å². The zero-order valence-corrected chi connectivity index (χ0v) is 16.7. The normalized spacial score (nSPS) is 11.5. The summed E-state index contributed by atoms with van der Waals surface area (Å²) >= 11 is 4.67. The van der Waals surface area contributed by atoms with Gasteiger partial charge in [-0.15, -0.1) is 0 Å². The average molecular weight is 395 g/mol. The smallest absolute Gasteiger partial charge is 0.123 e. The standard InChI is InChI=1S/C21H20N4S.H2S/c22-12-16(15-6-2-1-3-7-15)10-18-14-24-21(25(18)26)11-17-13-23-20-9-5-4-8-19(17)20;/h1-9,12-14,23,26H,10-11,22H2;1H2/b16-12-;.